The van der Waals surface area contributed by atoms with Crippen molar-refractivity contribution in [1.29, 1.82) is 0 Å². The number of aliphatic carboxylic acids is 1. The molecule has 114 valence electrons. The molecule has 1 aromatic carbocycles. The van der Waals surface area contributed by atoms with Crippen LogP contribution < -0.4 is 4.90 Å². The molecule has 21 heavy (non-hydrogen) atoms. The van der Waals surface area contributed by atoms with Crippen molar-refractivity contribution in [3.63, 3.8) is 0 Å². The molecule has 0 radical (unpaired) electrons. The van der Waals surface area contributed by atoms with Gasteiger partial charge >= 0.3 is 5.97 Å². The second-order valence-corrected chi connectivity index (χ2v) is 5.49. The molecule has 2 rings (SSSR count). The van der Waals surface area contributed by atoms with E-state index in [1.54, 1.807) is 0 Å². The number of likely N-dealkylation sites (tertiary alicyclic amines) is 1. The van der Waals surface area contributed by atoms with Crippen LogP contribution in [0, 0.1) is 6.92 Å². The Balaban J connectivity index is 2.07. The Morgan fingerprint density at radius 1 is 1.29 bits per heavy atom. The lowest BCUT2D eigenvalue weighted by Gasteiger charge is -2.26. The highest BCUT2D eigenvalue weighted by Gasteiger charge is 2.21. The lowest BCUT2D eigenvalue weighted by atomic mass is 10.2. The molecule has 0 aliphatic carbocycles. The summed E-state index contributed by atoms with van der Waals surface area (Å²) in [5, 5.41) is 8.89. The van der Waals surface area contributed by atoms with Gasteiger partial charge in [-0.15, -0.1) is 0 Å². The predicted octanol–water partition coefficient (Wildman–Crippen LogP) is 1.90. The Kier molecular flexibility index (Phi) is 5.20. The number of carbonyl (C=O) groups is 2. The maximum absolute atomic E-state index is 12.3. The van der Waals surface area contributed by atoms with E-state index in [9.17, 15) is 9.59 Å². The van der Waals surface area contributed by atoms with Gasteiger partial charge in [0.25, 0.3) is 0 Å². The molecule has 1 N–H and O–H groups in total. The van der Waals surface area contributed by atoms with E-state index in [0.29, 0.717) is 6.54 Å². The van der Waals surface area contributed by atoms with E-state index in [1.807, 2.05) is 41.0 Å². The lowest BCUT2D eigenvalue weighted by Crippen LogP contribution is -2.40. The Morgan fingerprint density at radius 2 is 2.00 bits per heavy atom. The van der Waals surface area contributed by atoms with Crippen molar-refractivity contribution < 1.29 is 14.7 Å². The Bertz CT molecular complexity index is 510. The number of amides is 1. The third kappa shape index (κ3) is 4.48. The van der Waals surface area contributed by atoms with Crippen molar-refractivity contribution in [1.82, 2.24) is 4.90 Å². The van der Waals surface area contributed by atoms with Gasteiger partial charge < -0.3 is 14.9 Å². The topological polar surface area (TPSA) is 60.9 Å². The van der Waals surface area contributed by atoms with E-state index in [0.717, 1.165) is 37.2 Å². The zero-order chi connectivity index (χ0) is 15.2. The molecule has 5 heteroatoms. The number of nitrogens with zero attached hydrogens (tertiary/aromatic N) is 2. The van der Waals surface area contributed by atoms with Gasteiger partial charge in [0, 0.05) is 25.3 Å². The van der Waals surface area contributed by atoms with Crippen LogP contribution in [0.3, 0.4) is 0 Å². The fourth-order valence-corrected chi connectivity index (χ4v) is 2.58. The van der Waals surface area contributed by atoms with E-state index >= 15 is 0 Å². The van der Waals surface area contributed by atoms with Crippen LogP contribution in [0.5, 0.6) is 0 Å². The average Bonchev–Trinajstić information content (AvgIpc) is 2.97. The van der Waals surface area contributed by atoms with Crippen molar-refractivity contribution >= 4 is 17.6 Å². The van der Waals surface area contributed by atoms with Crippen LogP contribution >= 0.6 is 0 Å². The average molecular weight is 290 g/mol. The Hall–Kier alpha value is -2.04. The van der Waals surface area contributed by atoms with Crippen molar-refractivity contribution in [3.8, 4) is 0 Å². The van der Waals surface area contributed by atoms with Crippen molar-refractivity contribution in [2.45, 2.75) is 26.2 Å². The minimum absolute atomic E-state index is 0.0290. The van der Waals surface area contributed by atoms with E-state index < -0.39 is 5.97 Å². The molecule has 1 aliphatic rings. The third-order valence-electron chi connectivity index (χ3n) is 3.75. The van der Waals surface area contributed by atoms with Crippen molar-refractivity contribution in [3.05, 3.63) is 29.8 Å². The van der Waals surface area contributed by atoms with Gasteiger partial charge in [-0.2, -0.15) is 0 Å². The monoisotopic (exact) mass is 290 g/mol. The predicted molar refractivity (Wildman–Crippen MR) is 81.5 cm³/mol. The van der Waals surface area contributed by atoms with Crippen LogP contribution in [0.25, 0.3) is 0 Å². The second kappa shape index (κ2) is 7.11. The van der Waals surface area contributed by atoms with Gasteiger partial charge in [0.05, 0.1) is 13.0 Å². The van der Waals surface area contributed by atoms with E-state index in [-0.39, 0.29) is 18.9 Å². The molecule has 0 bridgehead atoms. The zero-order valence-corrected chi connectivity index (χ0v) is 12.4. The highest BCUT2D eigenvalue weighted by Crippen LogP contribution is 2.17. The fourth-order valence-electron chi connectivity index (χ4n) is 2.58. The SMILES string of the molecule is Cc1cccc(N(CCC(=O)O)CC(=O)N2CCCC2)c1. The van der Waals surface area contributed by atoms with Crippen LogP contribution in [-0.2, 0) is 9.59 Å². The van der Waals surface area contributed by atoms with Crippen LogP contribution in [0.1, 0.15) is 24.8 Å². The van der Waals surface area contributed by atoms with Crippen LogP contribution in [0.4, 0.5) is 5.69 Å². The molecule has 1 aliphatic heterocycles. The smallest absolute Gasteiger partial charge is 0.305 e. The minimum atomic E-state index is -0.846. The summed E-state index contributed by atoms with van der Waals surface area (Å²) < 4.78 is 0. The molecule has 1 aromatic rings. The normalized spacial score (nSPS) is 14.2. The number of aryl methyl sites for hydroxylation is 1. The minimum Gasteiger partial charge on any atom is -0.481 e. The summed E-state index contributed by atoms with van der Waals surface area (Å²) in [7, 11) is 0. The molecule has 0 atom stereocenters. The van der Waals surface area contributed by atoms with E-state index in [1.165, 1.54) is 0 Å². The highest BCUT2D eigenvalue weighted by molar-refractivity contribution is 5.82. The summed E-state index contributed by atoms with van der Waals surface area (Å²) in [5.41, 5.74) is 2.00. The molecule has 5 nitrogen and oxygen atoms in total. The summed E-state index contributed by atoms with van der Waals surface area (Å²) in [6.45, 7) is 4.22. The zero-order valence-electron chi connectivity index (χ0n) is 12.4. The Labute approximate surface area is 125 Å². The van der Waals surface area contributed by atoms with Crippen molar-refractivity contribution in [2.75, 3.05) is 31.1 Å². The number of anilines is 1. The molecule has 0 unspecified atom stereocenters. The van der Waals surface area contributed by atoms with E-state index in [4.69, 9.17) is 5.11 Å². The molecule has 1 amide bonds. The molecular formula is C16H22N2O3. The quantitative estimate of drug-likeness (QED) is 0.869. The molecule has 1 fully saturated rings. The van der Waals surface area contributed by atoms with Gasteiger partial charge in [-0.3, -0.25) is 9.59 Å². The number of carboxylic acid groups (broad SMARTS) is 1. The molecule has 0 saturated carbocycles. The van der Waals surface area contributed by atoms with Gasteiger partial charge in [0.15, 0.2) is 0 Å². The third-order valence-corrected chi connectivity index (χ3v) is 3.75. The van der Waals surface area contributed by atoms with Gasteiger partial charge in [-0.25, -0.2) is 0 Å². The maximum Gasteiger partial charge on any atom is 0.305 e. The summed E-state index contributed by atoms with van der Waals surface area (Å²) in [4.78, 5) is 26.8. The summed E-state index contributed by atoms with van der Waals surface area (Å²) in [5.74, 6) is -0.763. The maximum atomic E-state index is 12.3. The first kappa shape index (κ1) is 15.4. The van der Waals surface area contributed by atoms with Gasteiger partial charge in [-0.05, 0) is 37.5 Å². The summed E-state index contributed by atoms with van der Waals surface area (Å²) >= 11 is 0. The number of rotatable bonds is 6. The first-order valence-electron chi connectivity index (χ1n) is 7.37. The molecule has 1 heterocycles. The lowest BCUT2D eigenvalue weighted by molar-refractivity contribution is -0.137. The Morgan fingerprint density at radius 3 is 2.62 bits per heavy atom. The summed E-state index contributed by atoms with van der Waals surface area (Å²) in [6, 6.07) is 7.82. The van der Waals surface area contributed by atoms with Crippen LogP contribution in [0.15, 0.2) is 24.3 Å². The number of hydrogen-bond acceptors (Lipinski definition) is 3. The molecular weight excluding hydrogens is 268 g/mol. The standard InChI is InChI=1S/C16H22N2O3/c1-13-5-4-6-14(11-13)18(10-7-16(20)21)12-15(19)17-8-2-3-9-17/h4-6,11H,2-3,7-10,12H2,1H3,(H,20,21). The fraction of sp³-hybridized carbons (Fsp3) is 0.500. The summed E-state index contributed by atoms with van der Waals surface area (Å²) in [6.07, 6.45) is 2.15. The largest absolute Gasteiger partial charge is 0.481 e. The number of hydrogen-bond donors (Lipinski definition) is 1. The first-order chi connectivity index (χ1) is 10.1. The highest BCUT2D eigenvalue weighted by atomic mass is 16.4. The second-order valence-electron chi connectivity index (χ2n) is 5.49. The first-order valence-corrected chi connectivity index (χ1v) is 7.37. The van der Waals surface area contributed by atoms with E-state index in [2.05, 4.69) is 0 Å². The number of carbonyl (C=O) groups excluding carboxylic acids is 1. The van der Waals surface area contributed by atoms with Gasteiger partial charge in [0.2, 0.25) is 5.91 Å². The van der Waals surface area contributed by atoms with Crippen LogP contribution in [0.2, 0.25) is 0 Å². The number of benzene rings is 1. The number of carboxylic acids is 1. The van der Waals surface area contributed by atoms with Crippen LogP contribution in [-0.4, -0.2) is 48.1 Å². The molecule has 0 spiro atoms. The molecule has 1 saturated heterocycles. The van der Waals surface area contributed by atoms with Gasteiger partial charge in [-0.1, -0.05) is 12.1 Å². The van der Waals surface area contributed by atoms with Gasteiger partial charge in [0.1, 0.15) is 0 Å². The van der Waals surface area contributed by atoms with Crippen molar-refractivity contribution in [2.24, 2.45) is 0 Å². The molecule has 0 aromatic heterocycles.